The lowest BCUT2D eigenvalue weighted by molar-refractivity contribution is -0.385. The van der Waals surface area contributed by atoms with Gasteiger partial charge in [-0.1, -0.05) is 0 Å². The van der Waals surface area contributed by atoms with Crippen LogP contribution >= 0.6 is 0 Å². The summed E-state index contributed by atoms with van der Waals surface area (Å²) in [6.07, 6.45) is 2.01. The van der Waals surface area contributed by atoms with E-state index < -0.39 is 16.4 Å². The number of halogens is 1. The number of nitrogens with one attached hydrogen (secondary N) is 1. The molecule has 2 heterocycles. The molecular formula is C13H11FN4O3. The van der Waals surface area contributed by atoms with Crippen molar-refractivity contribution in [2.24, 2.45) is 0 Å². The number of nitro groups is 1. The molecule has 21 heavy (non-hydrogen) atoms. The van der Waals surface area contributed by atoms with Crippen molar-refractivity contribution in [2.75, 3.05) is 6.54 Å². The Kier molecular flexibility index (Phi) is 3.44. The second kappa shape index (κ2) is 5.41. The molecule has 0 spiro atoms. The third-order valence-electron chi connectivity index (χ3n) is 3.16. The Morgan fingerprint density at radius 2 is 2.24 bits per heavy atom. The summed E-state index contributed by atoms with van der Waals surface area (Å²) in [6, 6.07) is 3.16. The number of hydrogen-bond donors (Lipinski definition) is 1. The van der Waals surface area contributed by atoms with E-state index in [1.54, 1.807) is 0 Å². The van der Waals surface area contributed by atoms with Crippen molar-refractivity contribution in [3.05, 3.63) is 51.7 Å². The first-order valence-corrected chi connectivity index (χ1v) is 6.30. The number of fused-ring (bicyclic) bond motifs is 1. The standard InChI is InChI=1S/C13H11FN4O3/c14-8-1-2-12(11(5-8)18(19)20)21-13-9-3-4-15-6-10(9)16-7-17-13/h1-2,5,7,15H,3-4,6H2. The molecule has 0 radical (unpaired) electrons. The summed E-state index contributed by atoms with van der Waals surface area (Å²) in [5.74, 6) is -0.458. The predicted octanol–water partition coefficient (Wildman–Crippen LogP) is 1.96. The molecule has 0 saturated carbocycles. The van der Waals surface area contributed by atoms with Gasteiger partial charge in [0.2, 0.25) is 11.6 Å². The Morgan fingerprint density at radius 1 is 1.38 bits per heavy atom. The maximum Gasteiger partial charge on any atom is 0.314 e. The summed E-state index contributed by atoms with van der Waals surface area (Å²) in [7, 11) is 0. The topological polar surface area (TPSA) is 90.2 Å². The molecule has 3 rings (SSSR count). The smallest absolute Gasteiger partial charge is 0.314 e. The molecule has 0 fully saturated rings. The molecule has 1 aromatic carbocycles. The summed E-state index contributed by atoms with van der Waals surface area (Å²) in [4.78, 5) is 18.5. The van der Waals surface area contributed by atoms with Gasteiger partial charge in [-0.25, -0.2) is 14.4 Å². The fraction of sp³-hybridized carbons (Fsp3) is 0.231. The van der Waals surface area contributed by atoms with Crippen LogP contribution in [0, 0.1) is 15.9 Å². The van der Waals surface area contributed by atoms with Crippen molar-refractivity contribution in [3.63, 3.8) is 0 Å². The van der Waals surface area contributed by atoms with Gasteiger partial charge >= 0.3 is 5.69 Å². The number of benzene rings is 1. The number of rotatable bonds is 3. The van der Waals surface area contributed by atoms with Crippen molar-refractivity contribution in [1.82, 2.24) is 15.3 Å². The quantitative estimate of drug-likeness (QED) is 0.686. The van der Waals surface area contributed by atoms with Gasteiger partial charge in [-0.05, 0) is 25.1 Å². The number of ether oxygens (including phenoxy) is 1. The van der Waals surface area contributed by atoms with Gasteiger partial charge in [-0.2, -0.15) is 0 Å². The monoisotopic (exact) mass is 290 g/mol. The lowest BCUT2D eigenvalue weighted by atomic mass is 10.1. The normalized spacial score (nSPS) is 13.6. The molecule has 0 aliphatic carbocycles. The SMILES string of the molecule is O=[N+]([O-])c1cc(F)ccc1Oc1ncnc2c1CCNC2. The van der Waals surface area contributed by atoms with Crippen LogP contribution in [0.15, 0.2) is 24.5 Å². The fourth-order valence-electron chi connectivity index (χ4n) is 2.17. The molecule has 1 aromatic heterocycles. The van der Waals surface area contributed by atoms with Gasteiger partial charge in [-0.3, -0.25) is 10.1 Å². The fourth-order valence-corrected chi connectivity index (χ4v) is 2.17. The second-order valence-corrected chi connectivity index (χ2v) is 4.50. The van der Waals surface area contributed by atoms with E-state index in [4.69, 9.17) is 4.74 Å². The van der Waals surface area contributed by atoms with Crippen LogP contribution in [0.2, 0.25) is 0 Å². The lowest BCUT2D eigenvalue weighted by Crippen LogP contribution is -2.25. The molecule has 1 aliphatic rings. The first-order valence-electron chi connectivity index (χ1n) is 6.30. The zero-order valence-corrected chi connectivity index (χ0v) is 10.9. The predicted molar refractivity (Wildman–Crippen MR) is 70.6 cm³/mol. The Morgan fingerprint density at radius 3 is 3.05 bits per heavy atom. The van der Waals surface area contributed by atoms with Gasteiger partial charge in [0.05, 0.1) is 16.7 Å². The second-order valence-electron chi connectivity index (χ2n) is 4.50. The van der Waals surface area contributed by atoms with Crippen LogP contribution < -0.4 is 10.1 Å². The van der Waals surface area contributed by atoms with Crippen molar-refractivity contribution < 1.29 is 14.1 Å². The first kappa shape index (κ1) is 13.4. The molecule has 0 bridgehead atoms. The Bertz CT molecular complexity index is 708. The lowest BCUT2D eigenvalue weighted by Gasteiger charge is -2.18. The zero-order valence-electron chi connectivity index (χ0n) is 10.9. The average molecular weight is 290 g/mol. The molecule has 0 amide bonds. The number of nitrogens with zero attached hydrogens (tertiary/aromatic N) is 3. The van der Waals surface area contributed by atoms with Gasteiger partial charge in [0.15, 0.2) is 0 Å². The zero-order chi connectivity index (χ0) is 14.8. The van der Waals surface area contributed by atoms with Crippen LogP contribution in [0.5, 0.6) is 11.6 Å². The molecule has 0 atom stereocenters. The van der Waals surface area contributed by atoms with E-state index in [0.717, 1.165) is 29.9 Å². The van der Waals surface area contributed by atoms with Gasteiger partial charge < -0.3 is 10.1 Å². The molecule has 1 aliphatic heterocycles. The van der Waals surface area contributed by atoms with Gasteiger partial charge in [0.1, 0.15) is 12.1 Å². The maximum atomic E-state index is 13.1. The van der Waals surface area contributed by atoms with Crippen LogP contribution in [-0.4, -0.2) is 21.4 Å². The van der Waals surface area contributed by atoms with Crippen molar-refractivity contribution in [3.8, 4) is 11.6 Å². The van der Waals surface area contributed by atoms with E-state index in [-0.39, 0.29) is 11.6 Å². The molecule has 2 aromatic rings. The van der Waals surface area contributed by atoms with Crippen molar-refractivity contribution >= 4 is 5.69 Å². The Balaban J connectivity index is 2.00. The largest absolute Gasteiger partial charge is 0.431 e. The van der Waals surface area contributed by atoms with Crippen LogP contribution in [0.3, 0.4) is 0 Å². The minimum absolute atomic E-state index is 0.0409. The van der Waals surface area contributed by atoms with E-state index >= 15 is 0 Å². The molecule has 0 unspecified atom stereocenters. The van der Waals surface area contributed by atoms with Crippen LogP contribution in [-0.2, 0) is 13.0 Å². The van der Waals surface area contributed by atoms with E-state index in [1.807, 2.05) is 0 Å². The third kappa shape index (κ3) is 2.65. The number of nitro benzene ring substituents is 1. The Labute approximate surface area is 118 Å². The van der Waals surface area contributed by atoms with Gasteiger partial charge in [0.25, 0.3) is 0 Å². The maximum absolute atomic E-state index is 13.1. The third-order valence-corrected chi connectivity index (χ3v) is 3.16. The molecule has 1 N–H and O–H groups in total. The number of aromatic nitrogens is 2. The highest BCUT2D eigenvalue weighted by Crippen LogP contribution is 2.33. The first-order chi connectivity index (χ1) is 10.1. The molecule has 108 valence electrons. The molecule has 8 heteroatoms. The molecular weight excluding hydrogens is 279 g/mol. The average Bonchev–Trinajstić information content (AvgIpc) is 2.49. The summed E-state index contributed by atoms with van der Waals surface area (Å²) < 4.78 is 18.7. The van der Waals surface area contributed by atoms with Crippen molar-refractivity contribution in [2.45, 2.75) is 13.0 Å². The van der Waals surface area contributed by atoms with E-state index in [0.29, 0.717) is 13.0 Å². The Hall–Kier alpha value is -2.61. The summed E-state index contributed by atoms with van der Waals surface area (Å²) in [6.45, 7) is 1.35. The molecule has 0 saturated heterocycles. The highest BCUT2D eigenvalue weighted by molar-refractivity contribution is 5.49. The highest BCUT2D eigenvalue weighted by atomic mass is 19.1. The molecule has 7 nitrogen and oxygen atoms in total. The van der Waals surface area contributed by atoms with Crippen LogP contribution in [0.25, 0.3) is 0 Å². The van der Waals surface area contributed by atoms with Gasteiger partial charge in [0, 0.05) is 12.1 Å². The summed E-state index contributed by atoms with van der Waals surface area (Å²) >= 11 is 0. The minimum Gasteiger partial charge on any atom is -0.431 e. The van der Waals surface area contributed by atoms with E-state index in [2.05, 4.69) is 15.3 Å². The van der Waals surface area contributed by atoms with E-state index in [9.17, 15) is 14.5 Å². The summed E-state index contributed by atoms with van der Waals surface area (Å²) in [5.41, 5.74) is 1.18. The van der Waals surface area contributed by atoms with Gasteiger partial charge in [-0.15, -0.1) is 0 Å². The minimum atomic E-state index is -0.692. The van der Waals surface area contributed by atoms with Crippen LogP contribution in [0.4, 0.5) is 10.1 Å². The van der Waals surface area contributed by atoms with Crippen LogP contribution in [0.1, 0.15) is 11.3 Å². The summed E-state index contributed by atoms with van der Waals surface area (Å²) in [5, 5.41) is 14.1. The van der Waals surface area contributed by atoms with Crippen molar-refractivity contribution in [1.29, 1.82) is 0 Å². The highest BCUT2D eigenvalue weighted by Gasteiger charge is 2.21. The number of hydrogen-bond acceptors (Lipinski definition) is 6. The van der Waals surface area contributed by atoms with E-state index in [1.165, 1.54) is 12.4 Å².